The second kappa shape index (κ2) is 8.46. The van der Waals surface area contributed by atoms with E-state index in [1.807, 2.05) is 31.2 Å². The maximum absolute atomic E-state index is 13.0. The molecule has 2 amide bonds. The number of imide groups is 1. The molecule has 0 saturated heterocycles. The molecule has 2 aromatic rings. The largest absolute Gasteiger partial charge is 0.495 e. The van der Waals surface area contributed by atoms with Crippen LogP contribution in [0.25, 0.3) is 5.57 Å². The molecule has 146 valence electrons. The summed E-state index contributed by atoms with van der Waals surface area (Å²) in [7, 11) is 3.05. The van der Waals surface area contributed by atoms with Gasteiger partial charge in [0.15, 0.2) is 0 Å². The lowest BCUT2D eigenvalue weighted by Gasteiger charge is -2.14. The fourth-order valence-electron chi connectivity index (χ4n) is 2.95. The van der Waals surface area contributed by atoms with Crippen molar-refractivity contribution >= 4 is 34.7 Å². The van der Waals surface area contributed by atoms with Gasteiger partial charge in [0.25, 0.3) is 11.8 Å². The Balaban J connectivity index is 2.02. The van der Waals surface area contributed by atoms with Crippen molar-refractivity contribution in [1.82, 2.24) is 4.90 Å². The molecule has 0 spiro atoms. The van der Waals surface area contributed by atoms with Crippen molar-refractivity contribution < 1.29 is 19.1 Å². The number of methoxy groups -OCH3 is 2. The van der Waals surface area contributed by atoms with Crippen molar-refractivity contribution in [3.05, 3.63) is 64.3 Å². The predicted octanol–water partition coefficient (Wildman–Crippen LogP) is 3.50. The summed E-state index contributed by atoms with van der Waals surface area (Å²) in [6.45, 7) is 2.40. The van der Waals surface area contributed by atoms with E-state index >= 15 is 0 Å². The summed E-state index contributed by atoms with van der Waals surface area (Å²) in [6, 6.07) is 12.5. The average Bonchev–Trinajstić information content (AvgIpc) is 2.91. The van der Waals surface area contributed by atoms with E-state index in [4.69, 9.17) is 21.1 Å². The number of nitrogens with zero attached hydrogens (tertiary/aromatic N) is 1. The van der Waals surface area contributed by atoms with Gasteiger partial charge in [0.05, 0.1) is 30.9 Å². The first-order valence-corrected chi connectivity index (χ1v) is 9.11. The Morgan fingerprint density at radius 2 is 1.75 bits per heavy atom. The normalized spacial score (nSPS) is 14.1. The van der Waals surface area contributed by atoms with E-state index in [9.17, 15) is 9.59 Å². The first kappa shape index (κ1) is 19.9. The van der Waals surface area contributed by atoms with E-state index in [1.54, 1.807) is 18.2 Å². The molecule has 0 radical (unpaired) electrons. The molecular formula is C21H21ClN2O4. The Labute approximate surface area is 168 Å². The Hall–Kier alpha value is -2.83. The molecule has 28 heavy (non-hydrogen) atoms. The van der Waals surface area contributed by atoms with Crippen LogP contribution >= 0.6 is 11.6 Å². The highest BCUT2D eigenvalue weighted by Gasteiger charge is 2.38. The molecular weight excluding hydrogens is 380 g/mol. The van der Waals surface area contributed by atoms with Gasteiger partial charge >= 0.3 is 0 Å². The van der Waals surface area contributed by atoms with Gasteiger partial charge in [-0.15, -0.1) is 0 Å². The number of amides is 2. The Bertz CT molecular complexity index is 938. The van der Waals surface area contributed by atoms with Gasteiger partial charge in [-0.2, -0.15) is 0 Å². The van der Waals surface area contributed by atoms with Crippen LogP contribution in [0.4, 0.5) is 5.69 Å². The third-order valence-corrected chi connectivity index (χ3v) is 4.74. The summed E-state index contributed by atoms with van der Waals surface area (Å²) in [5.74, 6) is -0.229. The number of aryl methyl sites for hydroxylation is 1. The highest BCUT2D eigenvalue weighted by Crippen LogP contribution is 2.33. The summed E-state index contributed by atoms with van der Waals surface area (Å²) in [5, 5.41) is 3.47. The van der Waals surface area contributed by atoms with Gasteiger partial charge in [-0.1, -0.05) is 41.4 Å². The maximum Gasteiger partial charge on any atom is 0.278 e. The summed E-state index contributed by atoms with van der Waals surface area (Å²) >= 11 is 6.19. The predicted molar refractivity (Wildman–Crippen MR) is 108 cm³/mol. The number of ether oxygens (including phenoxy) is 2. The van der Waals surface area contributed by atoms with E-state index in [0.29, 0.717) is 27.6 Å². The molecule has 1 aliphatic rings. The standard InChI is InChI=1S/C21H21ClN2O4/c1-13-4-6-14(7-5-13)18-19(21(26)24(20(18)25)10-11-27-2)23-15-8-9-17(28-3)16(22)12-15/h4-9,12,23H,10-11H2,1-3H3. The van der Waals surface area contributed by atoms with E-state index in [2.05, 4.69) is 5.32 Å². The van der Waals surface area contributed by atoms with Crippen molar-refractivity contribution in [2.24, 2.45) is 0 Å². The highest BCUT2D eigenvalue weighted by atomic mass is 35.5. The summed E-state index contributed by atoms with van der Waals surface area (Å²) < 4.78 is 10.2. The molecule has 2 aromatic carbocycles. The molecule has 7 heteroatoms. The first-order valence-electron chi connectivity index (χ1n) is 8.73. The lowest BCUT2D eigenvalue weighted by molar-refractivity contribution is -0.137. The molecule has 0 unspecified atom stereocenters. The van der Waals surface area contributed by atoms with Crippen LogP contribution in [0.1, 0.15) is 11.1 Å². The fraction of sp³-hybridized carbons (Fsp3) is 0.238. The molecule has 0 saturated carbocycles. The minimum Gasteiger partial charge on any atom is -0.495 e. The van der Waals surface area contributed by atoms with Crippen molar-refractivity contribution in [3.8, 4) is 5.75 Å². The molecule has 0 fully saturated rings. The van der Waals surface area contributed by atoms with Crippen LogP contribution in [0.15, 0.2) is 48.2 Å². The highest BCUT2D eigenvalue weighted by molar-refractivity contribution is 6.36. The van der Waals surface area contributed by atoms with Crippen molar-refractivity contribution in [3.63, 3.8) is 0 Å². The smallest absolute Gasteiger partial charge is 0.278 e. The fourth-order valence-corrected chi connectivity index (χ4v) is 3.21. The Morgan fingerprint density at radius 3 is 2.36 bits per heavy atom. The van der Waals surface area contributed by atoms with Gasteiger partial charge in [-0.05, 0) is 30.7 Å². The number of carbonyl (C=O) groups is 2. The molecule has 0 aliphatic carbocycles. The molecule has 1 heterocycles. The number of anilines is 1. The number of hydrogen-bond donors (Lipinski definition) is 1. The van der Waals surface area contributed by atoms with Gasteiger partial charge in [0.1, 0.15) is 11.4 Å². The zero-order valence-electron chi connectivity index (χ0n) is 15.9. The third-order valence-electron chi connectivity index (χ3n) is 4.45. The summed E-state index contributed by atoms with van der Waals surface area (Å²) in [6.07, 6.45) is 0. The van der Waals surface area contributed by atoms with Crippen molar-refractivity contribution in [2.45, 2.75) is 6.92 Å². The van der Waals surface area contributed by atoms with Crippen LogP contribution in [0, 0.1) is 6.92 Å². The molecule has 3 rings (SSSR count). The molecule has 1 aliphatic heterocycles. The minimum atomic E-state index is -0.399. The maximum atomic E-state index is 13.0. The van der Waals surface area contributed by atoms with Gasteiger partial charge in [-0.3, -0.25) is 14.5 Å². The van der Waals surface area contributed by atoms with Crippen LogP contribution in [-0.2, 0) is 14.3 Å². The average molecular weight is 401 g/mol. The lowest BCUT2D eigenvalue weighted by atomic mass is 10.0. The van der Waals surface area contributed by atoms with Crippen LogP contribution in [0.3, 0.4) is 0 Å². The number of carbonyl (C=O) groups excluding carboxylic acids is 2. The molecule has 6 nitrogen and oxygen atoms in total. The second-order valence-electron chi connectivity index (χ2n) is 6.35. The molecule has 1 N–H and O–H groups in total. The Kier molecular flexibility index (Phi) is 6.02. The third kappa shape index (κ3) is 3.88. The summed E-state index contributed by atoms with van der Waals surface area (Å²) in [4.78, 5) is 27.1. The SMILES string of the molecule is COCCN1C(=O)C(Nc2ccc(OC)c(Cl)c2)=C(c2ccc(C)cc2)C1=O. The zero-order valence-corrected chi connectivity index (χ0v) is 16.7. The number of benzene rings is 2. The first-order chi connectivity index (χ1) is 13.5. The van der Waals surface area contributed by atoms with Crippen molar-refractivity contribution in [1.29, 1.82) is 0 Å². The van der Waals surface area contributed by atoms with E-state index in [1.165, 1.54) is 19.1 Å². The van der Waals surface area contributed by atoms with Gasteiger partial charge < -0.3 is 14.8 Å². The molecule has 0 bridgehead atoms. The number of nitrogens with one attached hydrogen (secondary N) is 1. The molecule has 0 atom stereocenters. The van der Waals surface area contributed by atoms with Gasteiger partial charge in [-0.25, -0.2) is 0 Å². The monoisotopic (exact) mass is 400 g/mol. The topological polar surface area (TPSA) is 67.9 Å². The van der Waals surface area contributed by atoms with Crippen LogP contribution in [-0.4, -0.2) is 44.1 Å². The number of hydrogen-bond acceptors (Lipinski definition) is 5. The number of rotatable bonds is 7. The van der Waals surface area contributed by atoms with Crippen LogP contribution < -0.4 is 10.1 Å². The van der Waals surface area contributed by atoms with E-state index < -0.39 is 5.91 Å². The van der Waals surface area contributed by atoms with E-state index in [-0.39, 0.29) is 24.8 Å². The van der Waals surface area contributed by atoms with Crippen LogP contribution in [0.5, 0.6) is 5.75 Å². The number of halogens is 1. The van der Waals surface area contributed by atoms with Gasteiger partial charge in [0, 0.05) is 12.8 Å². The van der Waals surface area contributed by atoms with Gasteiger partial charge in [0.2, 0.25) is 0 Å². The zero-order chi connectivity index (χ0) is 20.3. The quantitative estimate of drug-likeness (QED) is 0.720. The van der Waals surface area contributed by atoms with Crippen LogP contribution in [0.2, 0.25) is 5.02 Å². The molecule has 0 aromatic heterocycles. The minimum absolute atomic E-state index is 0.179. The second-order valence-corrected chi connectivity index (χ2v) is 6.75. The Morgan fingerprint density at radius 1 is 1.04 bits per heavy atom. The summed E-state index contributed by atoms with van der Waals surface area (Å²) in [5.41, 5.74) is 2.86. The lowest BCUT2D eigenvalue weighted by Crippen LogP contribution is -2.35. The van der Waals surface area contributed by atoms with E-state index in [0.717, 1.165) is 5.56 Å². The van der Waals surface area contributed by atoms with Crippen molar-refractivity contribution in [2.75, 3.05) is 32.7 Å².